The fourth-order valence-corrected chi connectivity index (χ4v) is 2.24. The maximum Gasteiger partial charge on any atom is 0.309 e. The molecular weight excluding hydrogens is 248 g/mol. The molecule has 0 saturated heterocycles. The number of Topliss-reactive ketones (excluding diaryl/α,β-unsaturated/α-hetero) is 1. The molecule has 0 bridgehead atoms. The summed E-state index contributed by atoms with van der Waals surface area (Å²) in [4.78, 5) is 23.9. The third kappa shape index (κ3) is 2.97. The van der Waals surface area contributed by atoms with Crippen molar-refractivity contribution in [2.45, 2.75) is 33.6 Å². The largest absolute Gasteiger partial charge is 0.508 e. The van der Waals surface area contributed by atoms with E-state index in [0.29, 0.717) is 12.8 Å². The van der Waals surface area contributed by atoms with E-state index in [0.717, 1.165) is 0 Å². The lowest BCUT2D eigenvalue weighted by atomic mass is 9.81. The Labute approximate surface area is 112 Å². The molecule has 0 spiro atoms. The summed E-state index contributed by atoms with van der Waals surface area (Å²) in [6.07, 6.45) is 2.09. The second kappa shape index (κ2) is 6.41. The lowest BCUT2D eigenvalue weighted by Crippen LogP contribution is -2.33. The molecule has 2 N–H and O–H groups in total. The number of carbonyl (C=O) groups excluding carboxylic acids is 2. The van der Waals surface area contributed by atoms with E-state index in [9.17, 15) is 19.8 Å². The first kappa shape index (κ1) is 15.3. The number of aliphatic hydroxyl groups is 2. The Kier molecular flexibility index (Phi) is 5.15. The summed E-state index contributed by atoms with van der Waals surface area (Å²) in [5, 5.41) is 19.6. The van der Waals surface area contributed by atoms with Gasteiger partial charge in [-0.25, -0.2) is 0 Å². The fourth-order valence-electron chi connectivity index (χ4n) is 2.24. The predicted molar refractivity (Wildman–Crippen MR) is 69.6 cm³/mol. The normalized spacial score (nSPS) is 21.1. The summed E-state index contributed by atoms with van der Waals surface area (Å²) in [5.74, 6) is -3.15. The summed E-state index contributed by atoms with van der Waals surface area (Å²) in [7, 11) is 0. The molecule has 0 aliphatic heterocycles. The van der Waals surface area contributed by atoms with Gasteiger partial charge >= 0.3 is 5.97 Å². The third-order valence-electron chi connectivity index (χ3n) is 3.28. The minimum atomic E-state index is -0.862. The number of esters is 1. The Morgan fingerprint density at radius 3 is 2.47 bits per heavy atom. The van der Waals surface area contributed by atoms with E-state index in [-0.39, 0.29) is 17.9 Å². The topological polar surface area (TPSA) is 83.8 Å². The van der Waals surface area contributed by atoms with Gasteiger partial charge in [0, 0.05) is 5.57 Å². The number of hydrogen-bond donors (Lipinski definition) is 2. The summed E-state index contributed by atoms with van der Waals surface area (Å²) >= 11 is 0. The zero-order valence-electron chi connectivity index (χ0n) is 11.5. The van der Waals surface area contributed by atoms with Crippen molar-refractivity contribution in [3.05, 3.63) is 23.2 Å². The molecule has 106 valence electrons. The first-order chi connectivity index (χ1) is 8.97. The highest BCUT2D eigenvalue weighted by Gasteiger charge is 2.38. The van der Waals surface area contributed by atoms with Crippen LogP contribution >= 0.6 is 0 Å². The van der Waals surface area contributed by atoms with Gasteiger partial charge in [0.05, 0.1) is 18.4 Å². The lowest BCUT2D eigenvalue weighted by Gasteiger charge is -2.25. The van der Waals surface area contributed by atoms with Gasteiger partial charge in [0.2, 0.25) is 5.78 Å². The predicted octanol–water partition coefficient (Wildman–Crippen LogP) is 2.44. The number of carbonyl (C=O) groups is 2. The molecule has 2 atom stereocenters. The zero-order valence-corrected chi connectivity index (χ0v) is 11.5. The van der Waals surface area contributed by atoms with Gasteiger partial charge in [-0.1, -0.05) is 13.8 Å². The van der Waals surface area contributed by atoms with Crippen LogP contribution in [0.25, 0.3) is 0 Å². The smallest absolute Gasteiger partial charge is 0.309 e. The van der Waals surface area contributed by atoms with Gasteiger partial charge in [0.1, 0.15) is 5.76 Å². The van der Waals surface area contributed by atoms with Gasteiger partial charge in [0.15, 0.2) is 5.76 Å². The van der Waals surface area contributed by atoms with Crippen molar-refractivity contribution in [1.82, 2.24) is 0 Å². The first-order valence-electron chi connectivity index (χ1n) is 6.51. The van der Waals surface area contributed by atoms with Gasteiger partial charge in [0.25, 0.3) is 0 Å². The van der Waals surface area contributed by atoms with Crippen LogP contribution in [0.3, 0.4) is 0 Å². The molecule has 0 amide bonds. The molecule has 0 radical (unpaired) electrons. The van der Waals surface area contributed by atoms with Gasteiger partial charge in [-0.3, -0.25) is 9.59 Å². The molecule has 1 rings (SSSR count). The average Bonchev–Trinajstić information content (AvgIpc) is 2.37. The van der Waals surface area contributed by atoms with E-state index in [2.05, 4.69) is 0 Å². The number of rotatable bonds is 5. The Bertz CT molecular complexity index is 433. The minimum Gasteiger partial charge on any atom is -0.508 e. The van der Waals surface area contributed by atoms with Crippen LogP contribution in [0.15, 0.2) is 23.2 Å². The maximum absolute atomic E-state index is 12.1. The molecule has 2 unspecified atom stereocenters. The van der Waals surface area contributed by atoms with Crippen LogP contribution in [-0.2, 0) is 14.3 Å². The molecule has 19 heavy (non-hydrogen) atoms. The van der Waals surface area contributed by atoms with Gasteiger partial charge in [-0.2, -0.15) is 0 Å². The van der Waals surface area contributed by atoms with E-state index < -0.39 is 29.3 Å². The van der Waals surface area contributed by atoms with Gasteiger partial charge < -0.3 is 14.9 Å². The first-order valence-corrected chi connectivity index (χ1v) is 6.51. The monoisotopic (exact) mass is 268 g/mol. The molecule has 5 nitrogen and oxygen atoms in total. The molecule has 0 aromatic heterocycles. The second-order valence-electron chi connectivity index (χ2n) is 4.39. The molecule has 0 saturated carbocycles. The van der Waals surface area contributed by atoms with Gasteiger partial charge in [-0.15, -0.1) is 0 Å². The van der Waals surface area contributed by atoms with Crippen molar-refractivity contribution in [2.24, 2.45) is 11.8 Å². The highest BCUT2D eigenvalue weighted by atomic mass is 16.5. The summed E-state index contributed by atoms with van der Waals surface area (Å²) in [6, 6.07) is 0. The molecular formula is C14H20O5. The van der Waals surface area contributed by atoms with E-state index in [1.165, 1.54) is 6.08 Å². The summed E-state index contributed by atoms with van der Waals surface area (Å²) < 4.78 is 4.92. The van der Waals surface area contributed by atoms with E-state index in [1.54, 1.807) is 20.8 Å². The lowest BCUT2D eigenvalue weighted by molar-refractivity contribution is -0.151. The zero-order chi connectivity index (χ0) is 14.6. The summed E-state index contributed by atoms with van der Waals surface area (Å²) in [6.45, 7) is 5.41. The van der Waals surface area contributed by atoms with Crippen molar-refractivity contribution in [2.75, 3.05) is 6.61 Å². The highest BCUT2D eigenvalue weighted by molar-refractivity contribution is 6.01. The molecule has 0 aromatic rings. The quantitative estimate of drug-likeness (QED) is 0.748. The number of ketones is 1. The highest BCUT2D eigenvalue weighted by Crippen LogP contribution is 2.31. The van der Waals surface area contributed by atoms with E-state index in [1.807, 2.05) is 0 Å². The van der Waals surface area contributed by atoms with Crippen LogP contribution in [0.5, 0.6) is 0 Å². The second-order valence-corrected chi connectivity index (χ2v) is 4.39. The Morgan fingerprint density at radius 1 is 1.37 bits per heavy atom. The van der Waals surface area contributed by atoms with Crippen molar-refractivity contribution in [3.8, 4) is 0 Å². The Balaban J connectivity index is 3.06. The molecule has 5 heteroatoms. The SMILES string of the molecule is CCOC(=O)C(CC)C1C=C(O)C(CC)=C(O)C1=O. The van der Waals surface area contributed by atoms with Gasteiger partial charge in [-0.05, 0) is 25.8 Å². The van der Waals surface area contributed by atoms with E-state index in [4.69, 9.17) is 4.74 Å². The van der Waals surface area contributed by atoms with Crippen molar-refractivity contribution in [1.29, 1.82) is 0 Å². The number of allylic oxidation sites excluding steroid dienone is 3. The Hall–Kier alpha value is -1.78. The van der Waals surface area contributed by atoms with E-state index >= 15 is 0 Å². The number of hydrogen-bond acceptors (Lipinski definition) is 5. The number of ether oxygens (including phenoxy) is 1. The third-order valence-corrected chi connectivity index (χ3v) is 3.28. The van der Waals surface area contributed by atoms with Crippen molar-refractivity contribution in [3.63, 3.8) is 0 Å². The number of aliphatic hydroxyl groups excluding tert-OH is 2. The standard InChI is InChI=1S/C14H20O5/c1-4-8(14(18)19-6-3)10-7-11(15)9(5-2)12(16)13(10)17/h7-8,10,15-16H,4-6H2,1-3H3. The van der Waals surface area contributed by atoms with Crippen molar-refractivity contribution >= 4 is 11.8 Å². The minimum absolute atomic E-state index is 0.132. The molecule has 0 fully saturated rings. The molecule has 0 heterocycles. The van der Waals surface area contributed by atoms with Crippen molar-refractivity contribution < 1.29 is 24.5 Å². The van der Waals surface area contributed by atoms with Crippen LogP contribution in [-0.4, -0.2) is 28.6 Å². The maximum atomic E-state index is 12.1. The molecule has 1 aliphatic rings. The van der Waals surface area contributed by atoms with Crippen LogP contribution in [0.1, 0.15) is 33.6 Å². The van der Waals surface area contributed by atoms with Crippen LogP contribution in [0.4, 0.5) is 0 Å². The van der Waals surface area contributed by atoms with Crippen LogP contribution in [0, 0.1) is 11.8 Å². The van der Waals surface area contributed by atoms with Crippen LogP contribution in [0.2, 0.25) is 0 Å². The Morgan fingerprint density at radius 2 is 2.00 bits per heavy atom. The fraction of sp³-hybridized carbons (Fsp3) is 0.571. The summed E-state index contributed by atoms with van der Waals surface area (Å²) in [5.41, 5.74) is 0.222. The molecule has 0 aromatic carbocycles. The van der Waals surface area contributed by atoms with Crippen LogP contribution < -0.4 is 0 Å². The average molecular weight is 268 g/mol. The molecule has 1 aliphatic carbocycles.